The van der Waals surface area contributed by atoms with Gasteiger partial charge in [-0.15, -0.1) is 0 Å². The fraction of sp³-hybridized carbons (Fsp3) is 0.107. The van der Waals surface area contributed by atoms with Gasteiger partial charge in [-0.05, 0) is 48.9 Å². The minimum Gasteiger partial charge on any atom is -0.445 e. The monoisotopic (exact) mass is 440 g/mol. The van der Waals surface area contributed by atoms with Gasteiger partial charge in [-0.2, -0.15) is 0 Å². The highest BCUT2D eigenvalue weighted by atomic mass is 31.2. The zero-order chi connectivity index (χ0) is 22.2. The summed E-state index contributed by atoms with van der Waals surface area (Å²) in [7, 11) is -2.21. The molecule has 1 atom stereocenters. The molecular formula is C28H27NO2P+. The predicted molar refractivity (Wildman–Crippen MR) is 134 cm³/mol. The molecule has 0 aromatic heterocycles. The van der Waals surface area contributed by atoms with Crippen LogP contribution in [0.2, 0.25) is 0 Å². The van der Waals surface area contributed by atoms with E-state index >= 15 is 0 Å². The number of carbonyl (C=O) groups is 1. The number of hydrogen-bond donors (Lipinski definition) is 1. The van der Waals surface area contributed by atoms with Gasteiger partial charge in [0.25, 0.3) is 0 Å². The highest BCUT2D eigenvalue weighted by Gasteiger charge is 2.51. The Labute approximate surface area is 190 Å². The molecule has 0 saturated carbocycles. The van der Waals surface area contributed by atoms with Crippen LogP contribution in [-0.2, 0) is 11.3 Å². The van der Waals surface area contributed by atoms with Gasteiger partial charge < -0.3 is 4.74 Å². The van der Waals surface area contributed by atoms with Gasteiger partial charge in [0.15, 0.2) is 5.78 Å². The standard InChI is InChI=1S/C28H26NO2P/c1-23(29-28(30)31-22-24-14-6-2-7-15-24)32(25-16-8-3-9-17-25,26-18-10-4-11-19-26)27-20-12-5-13-21-27/h2-21,23H,22H2,1H3/p+1/t23-/m0/s1. The molecule has 0 fully saturated rings. The zero-order valence-corrected chi connectivity index (χ0v) is 19.0. The van der Waals surface area contributed by atoms with Crippen molar-refractivity contribution in [1.29, 1.82) is 0 Å². The number of hydrogen-bond acceptors (Lipinski definition) is 2. The van der Waals surface area contributed by atoms with E-state index < -0.39 is 13.4 Å². The minimum atomic E-state index is -2.21. The molecule has 4 heteroatoms. The van der Waals surface area contributed by atoms with E-state index in [2.05, 4.69) is 85.0 Å². The van der Waals surface area contributed by atoms with Crippen molar-refractivity contribution in [2.24, 2.45) is 0 Å². The maximum absolute atomic E-state index is 12.9. The zero-order valence-electron chi connectivity index (χ0n) is 18.1. The fourth-order valence-corrected chi connectivity index (χ4v) is 8.60. The van der Waals surface area contributed by atoms with Gasteiger partial charge in [-0.1, -0.05) is 84.9 Å². The first-order valence-electron chi connectivity index (χ1n) is 10.7. The fourth-order valence-electron chi connectivity index (χ4n) is 4.14. The molecule has 1 amide bonds. The van der Waals surface area contributed by atoms with E-state index in [9.17, 15) is 4.79 Å². The van der Waals surface area contributed by atoms with E-state index in [1.54, 1.807) is 0 Å². The SMILES string of the molecule is C[C@@H](NC(=O)OCc1ccccc1)[P+](c1ccccc1)(c1ccccc1)c1ccccc1. The Hall–Kier alpha value is -3.42. The Balaban J connectivity index is 1.72. The van der Waals surface area contributed by atoms with Gasteiger partial charge >= 0.3 is 6.09 Å². The van der Waals surface area contributed by atoms with Crippen LogP contribution >= 0.6 is 7.26 Å². The maximum atomic E-state index is 12.9. The van der Waals surface area contributed by atoms with Crippen molar-refractivity contribution in [3.05, 3.63) is 127 Å². The average Bonchev–Trinajstić information content (AvgIpc) is 2.86. The summed E-state index contributed by atoms with van der Waals surface area (Å²) in [5, 5.41) is 6.82. The molecule has 160 valence electrons. The molecule has 4 aromatic carbocycles. The van der Waals surface area contributed by atoms with E-state index in [4.69, 9.17) is 4.74 Å². The Morgan fingerprint density at radius 2 is 1.06 bits per heavy atom. The molecule has 3 nitrogen and oxygen atoms in total. The Kier molecular flexibility index (Phi) is 6.99. The molecule has 0 saturated heterocycles. The van der Waals surface area contributed by atoms with Gasteiger partial charge in [0.1, 0.15) is 29.8 Å². The van der Waals surface area contributed by atoms with E-state index in [-0.39, 0.29) is 12.4 Å². The molecule has 32 heavy (non-hydrogen) atoms. The van der Waals surface area contributed by atoms with Crippen LogP contribution in [-0.4, -0.2) is 11.9 Å². The molecule has 0 radical (unpaired) electrons. The van der Waals surface area contributed by atoms with Crippen molar-refractivity contribution in [2.75, 3.05) is 0 Å². The average molecular weight is 441 g/mol. The Bertz CT molecular complexity index is 1020. The summed E-state index contributed by atoms with van der Waals surface area (Å²) in [4.78, 5) is 12.9. The van der Waals surface area contributed by atoms with Gasteiger partial charge in [-0.3, -0.25) is 5.32 Å². The van der Waals surface area contributed by atoms with Gasteiger partial charge in [0.05, 0.1) is 0 Å². The summed E-state index contributed by atoms with van der Waals surface area (Å²) in [6.45, 7) is 2.33. The third-order valence-corrected chi connectivity index (χ3v) is 10.2. The highest BCUT2D eigenvalue weighted by Crippen LogP contribution is 2.58. The molecular weight excluding hydrogens is 413 g/mol. The smallest absolute Gasteiger partial charge is 0.410 e. The van der Waals surface area contributed by atoms with E-state index in [1.807, 2.05) is 48.5 Å². The molecule has 4 rings (SSSR count). The summed E-state index contributed by atoms with van der Waals surface area (Å²) in [6, 6.07) is 41.2. The van der Waals surface area contributed by atoms with Crippen molar-refractivity contribution in [1.82, 2.24) is 5.32 Å². The largest absolute Gasteiger partial charge is 0.445 e. The van der Waals surface area contributed by atoms with Crippen molar-refractivity contribution in [3.63, 3.8) is 0 Å². The van der Waals surface area contributed by atoms with Crippen LogP contribution in [0, 0.1) is 0 Å². The quantitative estimate of drug-likeness (QED) is 0.399. The summed E-state index contributed by atoms with van der Waals surface area (Å²) in [6.07, 6.45) is -0.409. The van der Waals surface area contributed by atoms with E-state index in [1.165, 1.54) is 15.9 Å². The minimum absolute atomic E-state index is 0.169. The molecule has 0 aliphatic heterocycles. The van der Waals surface area contributed by atoms with Crippen molar-refractivity contribution >= 4 is 29.3 Å². The third kappa shape index (κ3) is 4.59. The second-order valence-electron chi connectivity index (χ2n) is 7.61. The van der Waals surface area contributed by atoms with Crippen molar-refractivity contribution in [2.45, 2.75) is 19.3 Å². The lowest BCUT2D eigenvalue weighted by Crippen LogP contribution is -2.46. The Morgan fingerprint density at radius 1 is 0.688 bits per heavy atom. The first-order chi connectivity index (χ1) is 15.7. The summed E-state index contributed by atoms with van der Waals surface area (Å²) in [5.41, 5.74) is 0.963. The van der Waals surface area contributed by atoms with E-state index in [0.717, 1.165) is 5.56 Å². The summed E-state index contributed by atoms with van der Waals surface area (Å²) < 4.78 is 5.57. The lowest BCUT2D eigenvalue weighted by molar-refractivity contribution is 0.139. The normalized spacial score (nSPS) is 12.0. The topological polar surface area (TPSA) is 38.3 Å². The molecule has 0 bridgehead atoms. The van der Waals surface area contributed by atoms with Gasteiger partial charge in [0, 0.05) is 0 Å². The number of ether oxygens (including phenoxy) is 1. The van der Waals surface area contributed by atoms with Gasteiger partial charge in [0.2, 0.25) is 0 Å². The Morgan fingerprint density at radius 3 is 1.47 bits per heavy atom. The number of benzene rings is 4. The van der Waals surface area contributed by atoms with Crippen LogP contribution < -0.4 is 21.2 Å². The van der Waals surface area contributed by atoms with Gasteiger partial charge in [-0.25, -0.2) is 4.79 Å². The number of amides is 1. The van der Waals surface area contributed by atoms with Crippen molar-refractivity contribution in [3.8, 4) is 0 Å². The molecule has 0 heterocycles. The lowest BCUT2D eigenvalue weighted by atomic mass is 10.2. The second kappa shape index (κ2) is 10.3. The van der Waals surface area contributed by atoms with Crippen LogP contribution in [0.4, 0.5) is 4.79 Å². The molecule has 1 N–H and O–H groups in total. The van der Waals surface area contributed by atoms with Crippen LogP contribution in [0.15, 0.2) is 121 Å². The molecule has 0 spiro atoms. The van der Waals surface area contributed by atoms with E-state index in [0.29, 0.717) is 0 Å². The molecule has 4 aromatic rings. The first kappa shape index (κ1) is 21.8. The number of rotatable bonds is 7. The maximum Gasteiger partial charge on any atom is 0.410 e. The predicted octanol–water partition coefficient (Wildman–Crippen LogP) is 5.25. The second-order valence-corrected chi connectivity index (χ2v) is 11.4. The molecule has 0 aliphatic rings. The van der Waals surface area contributed by atoms with Crippen LogP contribution in [0.25, 0.3) is 0 Å². The number of nitrogens with one attached hydrogen (secondary N) is 1. The molecule has 0 aliphatic carbocycles. The molecule has 0 unspecified atom stereocenters. The van der Waals surface area contributed by atoms with Crippen LogP contribution in [0.3, 0.4) is 0 Å². The third-order valence-electron chi connectivity index (χ3n) is 5.61. The van der Waals surface area contributed by atoms with Crippen molar-refractivity contribution < 1.29 is 9.53 Å². The number of alkyl carbamates (subject to hydrolysis) is 1. The summed E-state index contributed by atoms with van der Waals surface area (Å²) in [5.74, 6) is -0.169. The first-order valence-corrected chi connectivity index (χ1v) is 12.6. The number of carbonyl (C=O) groups excluding carboxylic acids is 1. The lowest BCUT2D eigenvalue weighted by Gasteiger charge is -2.32. The van der Waals surface area contributed by atoms with Crippen LogP contribution in [0.1, 0.15) is 12.5 Å². The highest BCUT2D eigenvalue weighted by molar-refractivity contribution is 7.96. The van der Waals surface area contributed by atoms with Crippen LogP contribution in [0.5, 0.6) is 0 Å². The summed E-state index contributed by atoms with van der Waals surface area (Å²) >= 11 is 0.